The lowest BCUT2D eigenvalue weighted by Crippen LogP contribution is -2.30. The minimum absolute atomic E-state index is 0.158. The first kappa shape index (κ1) is 9.83. The van der Waals surface area contributed by atoms with Gasteiger partial charge in [0.25, 0.3) is 0 Å². The van der Waals surface area contributed by atoms with Gasteiger partial charge in [0, 0.05) is 13.0 Å². The van der Waals surface area contributed by atoms with Crippen molar-refractivity contribution in [2.45, 2.75) is 12.8 Å². The minimum atomic E-state index is 0.158. The highest BCUT2D eigenvalue weighted by atomic mass is 16.5. The second kappa shape index (κ2) is 4.21. The molecule has 0 bridgehead atoms. The molecule has 4 heteroatoms. The monoisotopic (exact) mass is 206 g/mol. The Bertz CT molecular complexity index is 348. The zero-order chi connectivity index (χ0) is 10.7. The molecule has 1 aliphatic heterocycles. The number of amides is 1. The number of hydrogen-bond donors (Lipinski definition) is 1. The van der Waals surface area contributed by atoms with Crippen molar-refractivity contribution in [3.8, 4) is 5.75 Å². The molecule has 4 nitrogen and oxygen atoms in total. The SMILES string of the molecule is COc1ccc(NN2CCCC2=O)cc1. The molecule has 2 rings (SSSR count). The molecule has 1 N–H and O–H groups in total. The second-order valence-corrected chi connectivity index (χ2v) is 3.49. The number of anilines is 1. The topological polar surface area (TPSA) is 41.6 Å². The summed E-state index contributed by atoms with van der Waals surface area (Å²) in [6.07, 6.45) is 1.57. The Morgan fingerprint density at radius 2 is 2.07 bits per heavy atom. The van der Waals surface area contributed by atoms with E-state index in [2.05, 4.69) is 5.43 Å². The van der Waals surface area contributed by atoms with Gasteiger partial charge in [0.05, 0.1) is 12.8 Å². The molecular formula is C11H14N2O2. The van der Waals surface area contributed by atoms with E-state index in [0.29, 0.717) is 6.42 Å². The smallest absolute Gasteiger partial charge is 0.240 e. The molecule has 0 unspecified atom stereocenters. The standard InChI is InChI=1S/C11H14N2O2/c1-15-10-6-4-9(5-7-10)12-13-8-2-3-11(13)14/h4-7,12H,2-3,8H2,1H3. The zero-order valence-corrected chi connectivity index (χ0v) is 8.69. The third kappa shape index (κ3) is 2.21. The molecule has 1 aliphatic rings. The van der Waals surface area contributed by atoms with Gasteiger partial charge in [0.15, 0.2) is 0 Å². The summed E-state index contributed by atoms with van der Waals surface area (Å²) >= 11 is 0. The fraction of sp³-hybridized carbons (Fsp3) is 0.364. The maximum Gasteiger partial charge on any atom is 0.240 e. The highest BCUT2D eigenvalue weighted by Crippen LogP contribution is 2.17. The van der Waals surface area contributed by atoms with Crippen LogP contribution in [0.5, 0.6) is 5.75 Å². The second-order valence-electron chi connectivity index (χ2n) is 3.49. The fourth-order valence-corrected chi connectivity index (χ4v) is 1.59. The quantitative estimate of drug-likeness (QED) is 0.817. The molecule has 0 aromatic heterocycles. The van der Waals surface area contributed by atoms with Crippen LogP contribution in [0.25, 0.3) is 0 Å². The molecule has 0 spiro atoms. The van der Waals surface area contributed by atoms with E-state index in [1.165, 1.54) is 0 Å². The van der Waals surface area contributed by atoms with Gasteiger partial charge < -0.3 is 4.74 Å². The van der Waals surface area contributed by atoms with Crippen LogP contribution in [-0.4, -0.2) is 24.6 Å². The number of nitrogens with zero attached hydrogens (tertiary/aromatic N) is 1. The molecule has 1 saturated heterocycles. The van der Waals surface area contributed by atoms with Crippen molar-refractivity contribution in [1.82, 2.24) is 5.01 Å². The van der Waals surface area contributed by atoms with Crippen LogP contribution in [0.2, 0.25) is 0 Å². The summed E-state index contributed by atoms with van der Waals surface area (Å²) in [5, 5.41) is 1.65. The lowest BCUT2D eigenvalue weighted by Gasteiger charge is -2.18. The molecule has 0 saturated carbocycles. The Labute approximate surface area is 88.8 Å². The molecule has 1 amide bonds. The average Bonchev–Trinajstić information content (AvgIpc) is 2.66. The fourth-order valence-electron chi connectivity index (χ4n) is 1.59. The predicted octanol–water partition coefficient (Wildman–Crippen LogP) is 1.64. The van der Waals surface area contributed by atoms with E-state index in [4.69, 9.17) is 4.74 Å². The lowest BCUT2D eigenvalue weighted by molar-refractivity contribution is -0.126. The van der Waals surface area contributed by atoms with E-state index in [9.17, 15) is 4.79 Å². The van der Waals surface area contributed by atoms with Crippen molar-refractivity contribution >= 4 is 11.6 Å². The van der Waals surface area contributed by atoms with Gasteiger partial charge >= 0.3 is 0 Å². The summed E-state index contributed by atoms with van der Waals surface area (Å²) in [5.41, 5.74) is 3.98. The summed E-state index contributed by atoms with van der Waals surface area (Å²) in [4.78, 5) is 11.3. The maximum absolute atomic E-state index is 11.3. The summed E-state index contributed by atoms with van der Waals surface area (Å²) in [5.74, 6) is 0.971. The molecule has 0 atom stereocenters. The number of methoxy groups -OCH3 is 1. The van der Waals surface area contributed by atoms with Gasteiger partial charge in [0.2, 0.25) is 5.91 Å². The third-order valence-electron chi connectivity index (χ3n) is 2.43. The van der Waals surface area contributed by atoms with Gasteiger partial charge in [-0.05, 0) is 30.7 Å². The molecule has 1 heterocycles. The van der Waals surface area contributed by atoms with Crippen LogP contribution in [0.1, 0.15) is 12.8 Å². The molecule has 0 radical (unpaired) electrons. The van der Waals surface area contributed by atoms with Crippen LogP contribution < -0.4 is 10.2 Å². The molecule has 15 heavy (non-hydrogen) atoms. The van der Waals surface area contributed by atoms with Crippen LogP contribution in [-0.2, 0) is 4.79 Å². The highest BCUT2D eigenvalue weighted by Gasteiger charge is 2.19. The lowest BCUT2D eigenvalue weighted by atomic mass is 10.3. The molecule has 1 fully saturated rings. The van der Waals surface area contributed by atoms with E-state index in [1.807, 2.05) is 24.3 Å². The van der Waals surface area contributed by atoms with Gasteiger partial charge in [-0.1, -0.05) is 0 Å². The predicted molar refractivity (Wildman–Crippen MR) is 57.6 cm³/mol. The number of benzene rings is 1. The van der Waals surface area contributed by atoms with E-state index >= 15 is 0 Å². The van der Waals surface area contributed by atoms with Crippen LogP contribution in [0, 0.1) is 0 Å². The Morgan fingerprint density at radius 3 is 2.60 bits per heavy atom. The number of nitrogens with one attached hydrogen (secondary N) is 1. The summed E-state index contributed by atoms with van der Waals surface area (Å²) in [6.45, 7) is 0.783. The first-order valence-corrected chi connectivity index (χ1v) is 5.00. The molecule has 1 aromatic rings. The number of carbonyl (C=O) groups is 1. The number of ether oxygens (including phenoxy) is 1. The van der Waals surface area contributed by atoms with Crippen molar-refractivity contribution in [3.63, 3.8) is 0 Å². The van der Waals surface area contributed by atoms with Crippen LogP contribution in [0.4, 0.5) is 5.69 Å². The highest BCUT2D eigenvalue weighted by molar-refractivity contribution is 5.79. The molecule has 0 aliphatic carbocycles. The van der Waals surface area contributed by atoms with Crippen molar-refractivity contribution in [1.29, 1.82) is 0 Å². The number of carbonyl (C=O) groups excluding carboxylic acids is 1. The van der Waals surface area contributed by atoms with E-state index in [1.54, 1.807) is 12.1 Å². The third-order valence-corrected chi connectivity index (χ3v) is 2.43. The minimum Gasteiger partial charge on any atom is -0.497 e. The number of hydrogen-bond acceptors (Lipinski definition) is 3. The van der Waals surface area contributed by atoms with Gasteiger partial charge in [-0.15, -0.1) is 0 Å². The first-order chi connectivity index (χ1) is 7.29. The van der Waals surface area contributed by atoms with Crippen molar-refractivity contribution in [2.75, 3.05) is 19.1 Å². The average molecular weight is 206 g/mol. The largest absolute Gasteiger partial charge is 0.497 e. The Kier molecular flexibility index (Phi) is 2.76. The Morgan fingerprint density at radius 1 is 1.33 bits per heavy atom. The van der Waals surface area contributed by atoms with Crippen LogP contribution >= 0.6 is 0 Å². The number of hydrazine groups is 1. The van der Waals surface area contributed by atoms with Crippen molar-refractivity contribution < 1.29 is 9.53 Å². The van der Waals surface area contributed by atoms with Gasteiger partial charge in [-0.3, -0.25) is 15.2 Å². The first-order valence-electron chi connectivity index (χ1n) is 5.00. The summed E-state index contributed by atoms with van der Waals surface area (Å²) in [6, 6.07) is 7.51. The Hall–Kier alpha value is -1.71. The van der Waals surface area contributed by atoms with E-state index in [0.717, 1.165) is 24.4 Å². The van der Waals surface area contributed by atoms with Crippen molar-refractivity contribution in [3.05, 3.63) is 24.3 Å². The Balaban J connectivity index is 2.01. The van der Waals surface area contributed by atoms with Crippen LogP contribution in [0.3, 0.4) is 0 Å². The number of rotatable bonds is 3. The summed E-state index contributed by atoms with van der Waals surface area (Å²) in [7, 11) is 1.63. The van der Waals surface area contributed by atoms with Gasteiger partial charge in [-0.25, -0.2) is 0 Å². The molecule has 80 valence electrons. The zero-order valence-electron chi connectivity index (χ0n) is 8.69. The maximum atomic E-state index is 11.3. The van der Waals surface area contributed by atoms with E-state index in [-0.39, 0.29) is 5.91 Å². The normalized spacial score (nSPS) is 15.5. The molecule has 1 aromatic carbocycles. The van der Waals surface area contributed by atoms with Gasteiger partial charge in [0.1, 0.15) is 5.75 Å². The van der Waals surface area contributed by atoms with Gasteiger partial charge in [-0.2, -0.15) is 0 Å². The van der Waals surface area contributed by atoms with Crippen molar-refractivity contribution in [2.24, 2.45) is 0 Å². The molecular weight excluding hydrogens is 192 g/mol. The van der Waals surface area contributed by atoms with E-state index < -0.39 is 0 Å². The van der Waals surface area contributed by atoms with Crippen LogP contribution in [0.15, 0.2) is 24.3 Å². The summed E-state index contributed by atoms with van der Waals surface area (Å²) < 4.78 is 5.05.